The molecule has 0 saturated carbocycles. The summed E-state index contributed by atoms with van der Waals surface area (Å²) >= 11 is 0. The van der Waals surface area contributed by atoms with Gasteiger partial charge in [0.1, 0.15) is 0 Å². The summed E-state index contributed by atoms with van der Waals surface area (Å²) in [5.41, 5.74) is 0. The van der Waals surface area contributed by atoms with Crippen molar-refractivity contribution in [2.75, 3.05) is 26.4 Å². The Kier molecular flexibility index (Phi) is 15.9. The molecule has 6 N–H and O–H groups in total. The maximum atomic E-state index is 11.8. The van der Waals surface area contributed by atoms with Crippen LogP contribution in [0.25, 0.3) is 0 Å². The van der Waals surface area contributed by atoms with Gasteiger partial charge in [0, 0.05) is 26.1 Å². The molecule has 0 aromatic carbocycles. The lowest BCUT2D eigenvalue weighted by atomic mass is 10.1. The number of rotatable bonds is 17. The first kappa shape index (κ1) is 26.7. The van der Waals surface area contributed by atoms with Gasteiger partial charge in [-0.2, -0.15) is 0 Å². The Morgan fingerprint density at radius 3 is 1.29 bits per heavy atom. The Bertz CT molecular complexity index is 379. The Morgan fingerprint density at radius 2 is 1.00 bits per heavy atom. The molecule has 4 atom stereocenters. The Balaban J connectivity index is 4.09. The average Bonchev–Trinajstić information content (AvgIpc) is 2.69. The third kappa shape index (κ3) is 12.2. The SMILES string of the molecule is O=C(CCCCC(=O)OC(CO)C(O)CCCO)OC(CO)C(O)CCCO. The summed E-state index contributed by atoms with van der Waals surface area (Å²) in [6, 6.07) is 0. The van der Waals surface area contributed by atoms with Crippen LogP contribution in [-0.4, -0.2) is 93.4 Å². The second-order valence-electron chi connectivity index (χ2n) is 6.50. The number of esters is 2. The highest BCUT2D eigenvalue weighted by molar-refractivity contribution is 5.70. The second kappa shape index (κ2) is 16.6. The van der Waals surface area contributed by atoms with Crippen molar-refractivity contribution in [3.63, 3.8) is 0 Å². The third-order valence-corrected chi connectivity index (χ3v) is 4.11. The fraction of sp³-hybridized carbons (Fsp3) is 0.889. The molecule has 0 heterocycles. The zero-order chi connectivity index (χ0) is 21.4. The van der Waals surface area contributed by atoms with Gasteiger partial charge in [-0.1, -0.05) is 0 Å². The van der Waals surface area contributed by atoms with E-state index in [1.165, 1.54) is 0 Å². The first-order chi connectivity index (χ1) is 13.4. The molecule has 0 aliphatic heterocycles. The molecule has 0 aliphatic rings. The van der Waals surface area contributed by atoms with E-state index in [2.05, 4.69) is 0 Å². The summed E-state index contributed by atoms with van der Waals surface area (Å²) in [5, 5.41) is 55.4. The van der Waals surface area contributed by atoms with Crippen LogP contribution in [0.15, 0.2) is 0 Å². The quantitative estimate of drug-likeness (QED) is 0.124. The van der Waals surface area contributed by atoms with E-state index in [1.54, 1.807) is 0 Å². The van der Waals surface area contributed by atoms with Crippen LogP contribution < -0.4 is 0 Å². The minimum absolute atomic E-state index is 0.0148. The molecular formula is C18H34O10. The van der Waals surface area contributed by atoms with Crippen molar-refractivity contribution in [1.29, 1.82) is 0 Å². The smallest absolute Gasteiger partial charge is 0.306 e. The highest BCUT2D eigenvalue weighted by atomic mass is 16.6. The summed E-state index contributed by atoms with van der Waals surface area (Å²) in [7, 11) is 0. The average molecular weight is 410 g/mol. The minimum Gasteiger partial charge on any atom is -0.457 e. The van der Waals surface area contributed by atoms with E-state index in [0.717, 1.165) is 0 Å². The van der Waals surface area contributed by atoms with Gasteiger partial charge in [0.25, 0.3) is 0 Å². The van der Waals surface area contributed by atoms with E-state index in [1.807, 2.05) is 0 Å². The largest absolute Gasteiger partial charge is 0.457 e. The molecule has 0 bridgehead atoms. The van der Waals surface area contributed by atoms with Gasteiger partial charge in [0.15, 0.2) is 12.2 Å². The zero-order valence-corrected chi connectivity index (χ0v) is 16.1. The maximum Gasteiger partial charge on any atom is 0.306 e. The normalized spacial score (nSPS) is 15.5. The standard InChI is InChI=1S/C18H34O10/c19-9-3-5-13(23)15(11-21)27-17(25)7-1-2-8-18(26)28-16(12-22)14(24)6-4-10-20/h13-16,19-24H,1-12H2. The van der Waals surface area contributed by atoms with Crippen molar-refractivity contribution in [2.45, 2.75) is 75.8 Å². The van der Waals surface area contributed by atoms with E-state index < -0.39 is 49.6 Å². The molecule has 0 aliphatic carbocycles. The number of ether oxygens (including phenoxy) is 2. The van der Waals surface area contributed by atoms with Gasteiger partial charge in [-0.25, -0.2) is 0 Å². The molecule has 0 spiro atoms. The van der Waals surface area contributed by atoms with Crippen LogP contribution in [0.1, 0.15) is 51.4 Å². The van der Waals surface area contributed by atoms with Gasteiger partial charge in [-0.05, 0) is 38.5 Å². The molecule has 0 saturated heterocycles. The van der Waals surface area contributed by atoms with Crippen LogP contribution in [0.4, 0.5) is 0 Å². The summed E-state index contributed by atoms with van der Waals surface area (Å²) in [5.74, 6) is -1.24. The molecule has 10 heteroatoms. The van der Waals surface area contributed by atoms with Crippen LogP contribution in [0, 0.1) is 0 Å². The van der Waals surface area contributed by atoms with Crippen molar-refractivity contribution in [3.8, 4) is 0 Å². The molecule has 4 unspecified atom stereocenters. The molecule has 10 nitrogen and oxygen atoms in total. The van der Waals surface area contributed by atoms with Gasteiger partial charge in [0.2, 0.25) is 0 Å². The number of carbonyl (C=O) groups excluding carboxylic acids is 2. The predicted molar refractivity (Wildman–Crippen MR) is 97.1 cm³/mol. The zero-order valence-electron chi connectivity index (χ0n) is 16.1. The molecule has 0 radical (unpaired) electrons. The molecule has 0 amide bonds. The number of aliphatic hydroxyl groups is 6. The number of hydrogen-bond acceptors (Lipinski definition) is 10. The van der Waals surface area contributed by atoms with E-state index in [9.17, 15) is 30.0 Å². The first-order valence-electron chi connectivity index (χ1n) is 9.58. The Labute approximate surface area is 164 Å². The number of unbranched alkanes of at least 4 members (excludes halogenated alkanes) is 1. The fourth-order valence-corrected chi connectivity index (χ4v) is 2.44. The summed E-state index contributed by atoms with van der Waals surface area (Å²) < 4.78 is 9.99. The Hall–Kier alpha value is -1.30. The molecule has 0 aromatic heterocycles. The lowest BCUT2D eigenvalue weighted by Crippen LogP contribution is -2.35. The molecule has 166 valence electrons. The van der Waals surface area contributed by atoms with E-state index in [-0.39, 0.29) is 38.9 Å². The first-order valence-corrected chi connectivity index (χ1v) is 9.58. The number of aliphatic hydroxyl groups excluding tert-OH is 6. The van der Waals surface area contributed by atoms with Gasteiger partial charge in [-0.15, -0.1) is 0 Å². The third-order valence-electron chi connectivity index (χ3n) is 4.11. The van der Waals surface area contributed by atoms with Crippen molar-refractivity contribution in [2.24, 2.45) is 0 Å². The van der Waals surface area contributed by atoms with Crippen molar-refractivity contribution < 1.29 is 49.7 Å². The van der Waals surface area contributed by atoms with Crippen LogP contribution in [0.5, 0.6) is 0 Å². The summed E-state index contributed by atoms with van der Waals surface area (Å²) in [4.78, 5) is 23.5. The van der Waals surface area contributed by atoms with Crippen molar-refractivity contribution >= 4 is 11.9 Å². The van der Waals surface area contributed by atoms with Gasteiger partial charge in [-0.3, -0.25) is 9.59 Å². The summed E-state index contributed by atoms with van der Waals surface area (Å²) in [6.07, 6.45) is -2.63. The Morgan fingerprint density at radius 1 is 0.643 bits per heavy atom. The summed E-state index contributed by atoms with van der Waals surface area (Å²) in [6.45, 7) is -1.30. The lowest BCUT2D eigenvalue weighted by molar-refractivity contribution is -0.160. The molecule has 28 heavy (non-hydrogen) atoms. The van der Waals surface area contributed by atoms with Crippen molar-refractivity contribution in [3.05, 3.63) is 0 Å². The minimum atomic E-state index is -1.07. The predicted octanol–water partition coefficient (Wildman–Crippen LogP) is -1.38. The lowest BCUT2D eigenvalue weighted by Gasteiger charge is -2.21. The van der Waals surface area contributed by atoms with Crippen LogP contribution >= 0.6 is 0 Å². The number of carbonyl (C=O) groups is 2. The molecule has 0 aromatic rings. The topological polar surface area (TPSA) is 174 Å². The van der Waals surface area contributed by atoms with Gasteiger partial charge < -0.3 is 40.1 Å². The van der Waals surface area contributed by atoms with Crippen LogP contribution in [-0.2, 0) is 19.1 Å². The van der Waals surface area contributed by atoms with E-state index in [0.29, 0.717) is 25.7 Å². The van der Waals surface area contributed by atoms with Crippen LogP contribution in [0.2, 0.25) is 0 Å². The highest BCUT2D eigenvalue weighted by Crippen LogP contribution is 2.11. The molecule has 0 fully saturated rings. The number of hydrogen-bond donors (Lipinski definition) is 6. The van der Waals surface area contributed by atoms with E-state index >= 15 is 0 Å². The van der Waals surface area contributed by atoms with Gasteiger partial charge >= 0.3 is 11.9 Å². The highest BCUT2D eigenvalue weighted by Gasteiger charge is 2.23. The fourth-order valence-electron chi connectivity index (χ4n) is 2.44. The maximum absolute atomic E-state index is 11.8. The van der Waals surface area contributed by atoms with Gasteiger partial charge in [0.05, 0.1) is 25.4 Å². The van der Waals surface area contributed by atoms with E-state index in [4.69, 9.17) is 19.7 Å². The van der Waals surface area contributed by atoms with Crippen LogP contribution in [0.3, 0.4) is 0 Å². The molecule has 0 rings (SSSR count). The monoisotopic (exact) mass is 410 g/mol. The molecular weight excluding hydrogens is 376 g/mol. The second-order valence-corrected chi connectivity index (χ2v) is 6.50. The van der Waals surface area contributed by atoms with Crippen molar-refractivity contribution in [1.82, 2.24) is 0 Å².